The van der Waals surface area contributed by atoms with E-state index >= 15 is 0 Å². The minimum absolute atomic E-state index is 0.750. The standard InChI is InChI=1S/C12H17ClN2S/c1-4-15(2)12(16-3)14-11-7-5-6-10(13)8-9-11/h5-6,8-9H,4,7H2,1-3H3. The van der Waals surface area contributed by atoms with Crippen LogP contribution in [0.4, 0.5) is 0 Å². The number of thioether (sulfide) groups is 1. The van der Waals surface area contributed by atoms with Gasteiger partial charge >= 0.3 is 0 Å². The van der Waals surface area contributed by atoms with Crippen molar-refractivity contribution in [2.75, 3.05) is 19.8 Å². The van der Waals surface area contributed by atoms with E-state index in [9.17, 15) is 0 Å². The number of amidine groups is 1. The predicted molar refractivity (Wildman–Crippen MR) is 75.0 cm³/mol. The second-order valence-corrected chi connectivity index (χ2v) is 4.64. The van der Waals surface area contributed by atoms with Crippen LogP contribution in [-0.4, -0.2) is 29.9 Å². The first kappa shape index (κ1) is 13.4. The van der Waals surface area contributed by atoms with Gasteiger partial charge in [0.2, 0.25) is 0 Å². The van der Waals surface area contributed by atoms with Gasteiger partial charge in [0.05, 0.1) is 0 Å². The third kappa shape index (κ3) is 4.06. The Bertz CT molecular complexity index is 356. The summed E-state index contributed by atoms with van der Waals surface area (Å²) in [7, 11) is 2.05. The summed E-state index contributed by atoms with van der Waals surface area (Å²) in [5.74, 6) is 0. The molecule has 4 heteroatoms. The van der Waals surface area contributed by atoms with Gasteiger partial charge in [0.1, 0.15) is 0 Å². The number of hydrogen-bond donors (Lipinski definition) is 0. The first-order valence-corrected chi connectivity index (χ1v) is 6.84. The molecular weight excluding hydrogens is 240 g/mol. The summed E-state index contributed by atoms with van der Waals surface area (Å²) in [6.45, 7) is 3.07. The molecule has 0 radical (unpaired) electrons. The fourth-order valence-electron chi connectivity index (χ4n) is 1.22. The Morgan fingerprint density at radius 1 is 1.56 bits per heavy atom. The van der Waals surface area contributed by atoms with Crippen LogP contribution in [0.3, 0.4) is 0 Å². The largest absolute Gasteiger partial charge is 0.355 e. The molecule has 1 rings (SSSR count). The fourth-order valence-corrected chi connectivity index (χ4v) is 2.02. The van der Waals surface area contributed by atoms with Crippen molar-refractivity contribution in [2.24, 2.45) is 4.99 Å². The van der Waals surface area contributed by atoms with Gasteiger partial charge in [-0.3, -0.25) is 0 Å². The minimum atomic E-state index is 0.750. The van der Waals surface area contributed by atoms with E-state index in [1.165, 1.54) is 0 Å². The molecule has 16 heavy (non-hydrogen) atoms. The van der Waals surface area contributed by atoms with Crippen LogP contribution in [0.2, 0.25) is 0 Å². The highest BCUT2D eigenvalue weighted by atomic mass is 35.5. The van der Waals surface area contributed by atoms with Crippen LogP contribution >= 0.6 is 23.4 Å². The SMILES string of the molecule is CCN(C)C(=NC1=CC=C(Cl)C=CC1)SC. The zero-order valence-corrected chi connectivity index (χ0v) is 11.5. The number of rotatable bonds is 2. The number of halogens is 1. The van der Waals surface area contributed by atoms with Crippen molar-refractivity contribution in [2.45, 2.75) is 13.3 Å². The second kappa shape index (κ2) is 6.81. The highest BCUT2D eigenvalue weighted by molar-refractivity contribution is 8.13. The van der Waals surface area contributed by atoms with Gasteiger partial charge in [-0.05, 0) is 31.4 Å². The van der Waals surface area contributed by atoms with E-state index < -0.39 is 0 Å². The lowest BCUT2D eigenvalue weighted by Gasteiger charge is -2.17. The van der Waals surface area contributed by atoms with Crippen LogP contribution in [0.5, 0.6) is 0 Å². The van der Waals surface area contributed by atoms with E-state index in [0.29, 0.717) is 0 Å². The lowest BCUT2D eigenvalue weighted by Crippen LogP contribution is -2.23. The Morgan fingerprint density at radius 2 is 2.31 bits per heavy atom. The van der Waals surface area contributed by atoms with Gasteiger partial charge in [-0.15, -0.1) is 0 Å². The van der Waals surface area contributed by atoms with Crippen LogP contribution in [0.1, 0.15) is 13.3 Å². The first-order valence-electron chi connectivity index (χ1n) is 5.24. The average Bonchev–Trinajstić information content (AvgIpc) is 2.50. The van der Waals surface area contributed by atoms with Crippen molar-refractivity contribution in [1.29, 1.82) is 0 Å². The van der Waals surface area contributed by atoms with Gasteiger partial charge in [-0.1, -0.05) is 29.4 Å². The molecule has 1 aliphatic carbocycles. The van der Waals surface area contributed by atoms with Crippen molar-refractivity contribution in [3.8, 4) is 0 Å². The molecule has 0 fully saturated rings. The third-order valence-corrected chi connectivity index (χ3v) is 3.28. The maximum atomic E-state index is 5.91. The van der Waals surface area contributed by atoms with E-state index in [1.54, 1.807) is 11.8 Å². The minimum Gasteiger partial charge on any atom is -0.355 e. The number of allylic oxidation sites excluding steroid dienone is 5. The molecule has 2 nitrogen and oxygen atoms in total. The highest BCUT2D eigenvalue weighted by Gasteiger charge is 2.04. The Kier molecular flexibility index (Phi) is 5.71. The summed E-state index contributed by atoms with van der Waals surface area (Å²) in [6.07, 6.45) is 10.7. The molecule has 0 aromatic carbocycles. The molecule has 88 valence electrons. The Morgan fingerprint density at radius 3 is 2.94 bits per heavy atom. The molecule has 0 heterocycles. The second-order valence-electron chi connectivity index (χ2n) is 3.43. The van der Waals surface area contributed by atoms with Crippen LogP contribution < -0.4 is 0 Å². The van der Waals surface area contributed by atoms with Crippen molar-refractivity contribution < 1.29 is 0 Å². The van der Waals surface area contributed by atoms with Gasteiger partial charge < -0.3 is 4.90 Å². The van der Waals surface area contributed by atoms with Crippen molar-refractivity contribution >= 4 is 28.5 Å². The monoisotopic (exact) mass is 256 g/mol. The van der Waals surface area contributed by atoms with Crippen molar-refractivity contribution in [1.82, 2.24) is 4.90 Å². The molecule has 0 aliphatic heterocycles. The van der Waals surface area contributed by atoms with E-state index in [4.69, 9.17) is 11.6 Å². The van der Waals surface area contributed by atoms with Crippen LogP contribution in [0, 0.1) is 0 Å². The molecule has 0 atom stereocenters. The van der Waals surface area contributed by atoms with Gasteiger partial charge in [-0.25, -0.2) is 4.99 Å². The maximum Gasteiger partial charge on any atom is 0.163 e. The smallest absolute Gasteiger partial charge is 0.163 e. The Hall–Kier alpha value is -0.670. The average molecular weight is 257 g/mol. The summed E-state index contributed by atoms with van der Waals surface area (Å²) < 4.78 is 0. The summed E-state index contributed by atoms with van der Waals surface area (Å²) in [5, 5.41) is 1.79. The summed E-state index contributed by atoms with van der Waals surface area (Å²) in [6, 6.07) is 0. The lowest BCUT2D eigenvalue weighted by molar-refractivity contribution is 0.545. The first-order chi connectivity index (χ1) is 7.67. The molecule has 0 aromatic heterocycles. The predicted octanol–water partition coefficient (Wildman–Crippen LogP) is 3.62. The molecule has 0 saturated heterocycles. The van der Waals surface area contributed by atoms with Gasteiger partial charge in [0.15, 0.2) is 5.17 Å². The van der Waals surface area contributed by atoms with Gasteiger partial charge in [0.25, 0.3) is 0 Å². The zero-order valence-electron chi connectivity index (χ0n) is 9.90. The fraction of sp³-hybridized carbons (Fsp3) is 0.417. The molecule has 0 amide bonds. The number of nitrogens with zero attached hydrogens (tertiary/aromatic N) is 2. The maximum absolute atomic E-state index is 5.91. The van der Waals surface area contributed by atoms with E-state index in [2.05, 4.69) is 16.8 Å². The molecule has 0 saturated carbocycles. The topological polar surface area (TPSA) is 15.6 Å². The quantitative estimate of drug-likeness (QED) is 0.554. The summed E-state index contributed by atoms with van der Waals surface area (Å²) in [5.41, 5.74) is 1.04. The Labute approximate surface area is 107 Å². The zero-order chi connectivity index (χ0) is 12.0. The van der Waals surface area contributed by atoms with Crippen molar-refractivity contribution in [3.63, 3.8) is 0 Å². The third-order valence-electron chi connectivity index (χ3n) is 2.26. The molecule has 0 N–H and O–H groups in total. The lowest BCUT2D eigenvalue weighted by atomic mass is 10.3. The number of hydrogen-bond acceptors (Lipinski definition) is 2. The van der Waals surface area contributed by atoms with E-state index in [-0.39, 0.29) is 0 Å². The van der Waals surface area contributed by atoms with Crippen LogP contribution in [0.15, 0.2) is 40.0 Å². The Balaban J connectivity index is 2.85. The molecule has 0 spiro atoms. The highest BCUT2D eigenvalue weighted by Crippen LogP contribution is 2.16. The molecule has 0 unspecified atom stereocenters. The van der Waals surface area contributed by atoms with E-state index in [1.807, 2.05) is 37.6 Å². The molecular formula is C12H17ClN2S. The molecule has 0 bridgehead atoms. The van der Waals surface area contributed by atoms with Crippen LogP contribution in [-0.2, 0) is 0 Å². The number of aliphatic imine (C=N–C) groups is 1. The summed E-state index contributed by atoms with van der Waals surface area (Å²) in [4.78, 5) is 6.76. The molecule has 0 aromatic rings. The van der Waals surface area contributed by atoms with Gasteiger partial charge in [0, 0.05) is 30.7 Å². The normalized spacial score (nSPS) is 16.6. The van der Waals surface area contributed by atoms with Crippen molar-refractivity contribution in [3.05, 3.63) is 35.0 Å². The van der Waals surface area contributed by atoms with E-state index in [0.717, 1.165) is 28.9 Å². The van der Waals surface area contributed by atoms with Crippen LogP contribution in [0.25, 0.3) is 0 Å². The molecule has 1 aliphatic rings. The summed E-state index contributed by atoms with van der Waals surface area (Å²) >= 11 is 7.57. The van der Waals surface area contributed by atoms with Gasteiger partial charge in [-0.2, -0.15) is 0 Å².